The van der Waals surface area contributed by atoms with Crippen molar-refractivity contribution in [2.45, 2.75) is 44.8 Å². The molecule has 5 aromatic rings. The number of ether oxygens (including phenoxy) is 1. The SMILES string of the molecule is O=CNc1ccc(-c2ccc(Cl)cc2)c(COc2ccc(-c3nc4cc(C(=O)O)ccc4n3C3CCCCC3)cc2)c1. The molecule has 1 aliphatic rings. The van der Waals surface area contributed by atoms with Crippen molar-refractivity contribution >= 4 is 40.7 Å². The third kappa shape index (κ3) is 5.74. The Labute approximate surface area is 248 Å². The lowest BCUT2D eigenvalue weighted by Gasteiger charge is -2.25. The van der Waals surface area contributed by atoms with Gasteiger partial charge in [-0.05, 0) is 96.3 Å². The van der Waals surface area contributed by atoms with Gasteiger partial charge in [-0.2, -0.15) is 0 Å². The highest BCUT2D eigenvalue weighted by Crippen LogP contribution is 2.37. The summed E-state index contributed by atoms with van der Waals surface area (Å²) >= 11 is 6.10. The number of hydrogen-bond acceptors (Lipinski definition) is 4. The summed E-state index contributed by atoms with van der Waals surface area (Å²) in [7, 11) is 0. The van der Waals surface area contributed by atoms with Crippen LogP contribution in [0, 0.1) is 0 Å². The molecule has 4 aromatic carbocycles. The third-order valence-corrected chi connectivity index (χ3v) is 8.12. The third-order valence-electron chi connectivity index (χ3n) is 7.87. The van der Waals surface area contributed by atoms with Gasteiger partial charge in [0.05, 0.1) is 16.6 Å². The molecule has 42 heavy (non-hydrogen) atoms. The Morgan fingerprint density at radius 3 is 2.40 bits per heavy atom. The van der Waals surface area contributed by atoms with Crippen molar-refractivity contribution < 1.29 is 19.4 Å². The average Bonchev–Trinajstić information content (AvgIpc) is 3.40. The van der Waals surface area contributed by atoms with Crippen LogP contribution in [0.25, 0.3) is 33.5 Å². The van der Waals surface area contributed by atoms with Gasteiger partial charge in [0, 0.05) is 22.3 Å². The fourth-order valence-electron chi connectivity index (χ4n) is 5.79. The van der Waals surface area contributed by atoms with Gasteiger partial charge in [0.2, 0.25) is 6.41 Å². The molecule has 0 unspecified atom stereocenters. The Balaban J connectivity index is 1.29. The van der Waals surface area contributed by atoms with Crippen LogP contribution in [-0.4, -0.2) is 27.0 Å². The highest BCUT2D eigenvalue weighted by atomic mass is 35.5. The highest BCUT2D eigenvalue weighted by Gasteiger charge is 2.23. The van der Waals surface area contributed by atoms with Crippen LogP contribution in [0.2, 0.25) is 5.02 Å². The maximum Gasteiger partial charge on any atom is 0.335 e. The molecule has 0 bridgehead atoms. The van der Waals surface area contributed by atoms with Gasteiger partial charge >= 0.3 is 5.97 Å². The van der Waals surface area contributed by atoms with E-state index in [2.05, 4.69) is 9.88 Å². The minimum Gasteiger partial charge on any atom is -0.489 e. The number of nitrogens with zero attached hydrogens (tertiary/aromatic N) is 2. The standard InChI is InChI=1S/C34H30ClN3O4/c35-26-11-6-22(7-12-26)30-16-13-27(36-21-39)18-25(30)20-42-29-14-8-23(9-15-29)33-37-31-19-24(34(40)41)10-17-32(31)38(33)28-4-2-1-3-5-28/h6-19,21,28H,1-5,20H2,(H,36,39)(H,40,41). The van der Waals surface area contributed by atoms with Crippen LogP contribution >= 0.6 is 11.6 Å². The first-order valence-electron chi connectivity index (χ1n) is 14.1. The summed E-state index contributed by atoms with van der Waals surface area (Å²) in [6.07, 6.45) is 6.39. The Kier molecular flexibility index (Phi) is 7.93. The fourth-order valence-corrected chi connectivity index (χ4v) is 5.91. The lowest BCUT2D eigenvalue weighted by Crippen LogP contribution is -2.14. The molecule has 0 saturated heterocycles. The molecule has 1 heterocycles. The predicted molar refractivity (Wildman–Crippen MR) is 165 cm³/mol. The molecular weight excluding hydrogens is 550 g/mol. The number of carbonyl (C=O) groups excluding carboxylic acids is 1. The average molecular weight is 580 g/mol. The quantitative estimate of drug-likeness (QED) is 0.171. The van der Waals surface area contributed by atoms with E-state index in [9.17, 15) is 14.7 Å². The molecule has 6 rings (SSSR count). The number of aromatic carboxylic acids is 1. The minimum absolute atomic E-state index is 0.233. The predicted octanol–water partition coefficient (Wildman–Crippen LogP) is 8.37. The first-order chi connectivity index (χ1) is 20.5. The zero-order valence-electron chi connectivity index (χ0n) is 22.9. The molecule has 0 atom stereocenters. The number of rotatable bonds is 9. The number of carboxylic acids is 1. The Bertz CT molecular complexity index is 1740. The van der Waals surface area contributed by atoms with Crippen molar-refractivity contribution in [1.29, 1.82) is 0 Å². The first-order valence-corrected chi connectivity index (χ1v) is 14.5. The number of nitrogens with one attached hydrogen (secondary N) is 1. The fraction of sp³-hybridized carbons (Fsp3) is 0.206. The monoisotopic (exact) mass is 579 g/mol. The molecule has 2 N–H and O–H groups in total. The van der Waals surface area contributed by atoms with Crippen molar-refractivity contribution in [3.63, 3.8) is 0 Å². The Morgan fingerprint density at radius 1 is 0.952 bits per heavy atom. The van der Waals surface area contributed by atoms with Crippen molar-refractivity contribution in [3.05, 3.63) is 101 Å². The van der Waals surface area contributed by atoms with Crippen molar-refractivity contribution in [2.24, 2.45) is 0 Å². The Morgan fingerprint density at radius 2 is 1.69 bits per heavy atom. The normalized spacial score (nSPS) is 13.6. The van der Waals surface area contributed by atoms with Gasteiger partial charge in [0.15, 0.2) is 0 Å². The molecule has 1 aromatic heterocycles. The lowest BCUT2D eigenvalue weighted by molar-refractivity contribution is -0.105. The number of amides is 1. The molecule has 7 nitrogen and oxygen atoms in total. The maximum absolute atomic E-state index is 11.6. The summed E-state index contributed by atoms with van der Waals surface area (Å²) in [5.74, 6) is 0.575. The molecule has 212 valence electrons. The zero-order chi connectivity index (χ0) is 29.1. The smallest absolute Gasteiger partial charge is 0.335 e. The Hall–Kier alpha value is -4.62. The van der Waals surface area contributed by atoms with E-state index < -0.39 is 5.97 Å². The van der Waals surface area contributed by atoms with E-state index in [1.54, 1.807) is 12.1 Å². The number of carbonyl (C=O) groups is 2. The first kappa shape index (κ1) is 27.5. The number of carboxylic acid groups (broad SMARTS) is 1. The summed E-state index contributed by atoms with van der Waals surface area (Å²) in [6.45, 7) is 0.296. The second kappa shape index (κ2) is 12.1. The van der Waals surface area contributed by atoms with E-state index in [-0.39, 0.29) is 5.56 Å². The van der Waals surface area contributed by atoms with E-state index in [4.69, 9.17) is 21.3 Å². The van der Waals surface area contributed by atoms with Crippen molar-refractivity contribution in [2.75, 3.05) is 5.32 Å². The van der Waals surface area contributed by atoms with Crippen LogP contribution in [-0.2, 0) is 11.4 Å². The van der Waals surface area contributed by atoms with Gasteiger partial charge in [-0.25, -0.2) is 9.78 Å². The van der Waals surface area contributed by atoms with Gasteiger partial charge in [0.25, 0.3) is 0 Å². The van der Waals surface area contributed by atoms with Gasteiger partial charge in [-0.1, -0.05) is 49.1 Å². The van der Waals surface area contributed by atoms with E-state index in [1.165, 1.54) is 19.3 Å². The summed E-state index contributed by atoms with van der Waals surface area (Å²) in [4.78, 5) is 27.6. The zero-order valence-corrected chi connectivity index (χ0v) is 23.7. The molecule has 1 aliphatic carbocycles. The van der Waals surface area contributed by atoms with Gasteiger partial charge in [0.1, 0.15) is 18.2 Å². The summed E-state index contributed by atoms with van der Waals surface area (Å²) in [5.41, 5.74) is 6.41. The van der Waals surface area contributed by atoms with Gasteiger partial charge in [-0.3, -0.25) is 4.79 Å². The topological polar surface area (TPSA) is 93.4 Å². The lowest BCUT2D eigenvalue weighted by atomic mass is 9.95. The molecular formula is C34H30ClN3O4. The maximum atomic E-state index is 11.6. The van der Waals surface area contributed by atoms with Crippen LogP contribution in [0.15, 0.2) is 84.9 Å². The highest BCUT2D eigenvalue weighted by molar-refractivity contribution is 6.30. The summed E-state index contributed by atoms with van der Waals surface area (Å²) in [6, 6.07) is 26.7. The summed E-state index contributed by atoms with van der Waals surface area (Å²) in [5, 5.41) is 12.9. The van der Waals surface area contributed by atoms with Gasteiger partial charge < -0.3 is 19.7 Å². The molecule has 1 amide bonds. The number of aromatic nitrogens is 2. The van der Waals surface area contributed by atoms with E-state index >= 15 is 0 Å². The van der Waals surface area contributed by atoms with Crippen molar-refractivity contribution in [1.82, 2.24) is 9.55 Å². The number of anilines is 1. The van der Waals surface area contributed by atoms with Crippen molar-refractivity contribution in [3.8, 4) is 28.3 Å². The van der Waals surface area contributed by atoms with Crippen LogP contribution in [0.4, 0.5) is 5.69 Å². The van der Waals surface area contributed by atoms with E-state index in [1.807, 2.05) is 72.8 Å². The van der Waals surface area contributed by atoms with E-state index in [0.717, 1.165) is 46.4 Å². The van der Waals surface area contributed by atoms with Crippen LogP contribution in [0.3, 0.4) is 0 Å². The number of benzene rings is 4. The number of halogens is 1. The number of fused-ring (bicyclic) bond motifs is 1. The van der Waals surface area contributed by atoms with Gasteiger partial charge in [-0.15, -0.1) is 0 Å². The molecule has 0 aliphatic heterocycles. The van der Waals surface area contributed by atoms with Crippen LogP contribution in [0.5, 0.6) is 5.75 Å². The van der Waals surface area contributed by atoms with E-state index in [0.29, 0.717) is 41.0 Å². The van der Waals surface area contributed by atoms with Crippen LogP contribution in [0.1, 0.15) is 54.1 Å². The largest absolute Gasteiger partial charge is 0.489 e. The number of hydrogen-bond donors (Lipinski definition) is 2. The minimum atomic E-state index is -0.959. The second-order valence-electron chi connectivity index (χ2n) is 10.6. The second-order valence-corrected chi connectivity index (χ2v) is 11.0. The molecule has 1 fully saturated rings. The molecule has 0 spiro atoms. The summed E-state index contributed by atoms with van der Waals surface area (Å²) < 4.78 is 8.51. The number of imidazole rings is 1. The van der Waals surface area contributed by atoms with Crippen LogP contribution < -0.4 is 10.1 Å². The molecule has 1 saturated carbocycles. The molecule has 0 radical (unpaired) electrons. The molecule has 8 heteroatoms.